The van der Waals surface area contributed by atoms with Crippen LogP contribution < -0.4 is 0 Å². The first-order chi connectivity index (χ1) is 3.85. The maximum absolute atomic E-state index is 9.76. The molecule has 0 radical (unpaired) electrons. The lowest BCUT2D eigenvalue weighted by atomic mass is 10.2. The van der Waals surface area contributed by atoms with Gasteiger partial charge < -0.3 is 5.11 Å². The van der Waals surface area contributed by atoms with Crippen LogP contribution in [0.5, 0.6) is 0 Å². The van der Waals surface area contributed by atoms with Gasteiger partial charge in [0.05, 0.1) is 6.04 Å². The summed E-state index contributed by atoms with van der Waals surface area (Å²) in [5.74, 6) is 0. The molecule has 48 valence electrons. The van der Waals surface area contributed by atoms with Gasteiger partial charge in [-0.05, 0) is 12.8 Å². The molecule has 0 aromatic carbocycles. The van der Waals surface area contributed by atoms with Crippen molar-refractivity contribution in [2.24, 2.45) is 5.18 Å². The molecule has 0 fully saturated rings. The Morgan fingerprint density at radius 1 is 1.75 bits per heavy atom. The smallest absolute Gasteiger partial charge is 0.0938 e. The summed E-state index contributed by atoms with van der Waals surface area (Å²) in [6.07, 6.45) is 1.23. The highest BCUT2D eigenvalue weighted by Gasteiger charge is 2.01. The predicted molar refractivity (Wildman–Crippen MR) is 31.6 cm³/mol. The standard InChI is InChI=1S/C5H11NO2/c1-2-5(6-8)3-4-7/h5,7H,2-4H2,1H3. The fourth-order valence-corrected chi connectivity index (χ4v) is 0.480. The number of aliphatic hydroxyl groups is 1. The number of hydrogen-bond donors (Lipinski definition) is 1. The van der Waals surface area contributed by atoms with E-state index in [1.165, 1.54) is 0 Å². The second-order valence-electron chi connectivity index (χ2n) is 1.68. The average molecular weight is 117 g/mol. The van der Waals surface area contributed by atoms with E-state index in [-0.39, 0.29) is 12.6 Å². The summed E-state index contributed by atoms with van der Waals surface area (Å²) in [7, 11) is 0. The number of aliphatic hydroxyl groups excluding tert-OH is 1. The lowest BCUT2D eigenvalue weighted by Gasteiger charge is -1.99. The first kappa shape index (κ1) is 7.56. The Morgan fingerprint density at radius 2 is 2.38 bits per heavy atom. The van der Waals surface area contributed by atoms with Gasteiger partial charge in [0.1, 0.15) is 0 Å². The van der Waals surface area contributed by atoms with Crippen LogP contribution in [0.1, 0.15) is 19.8 Å². The molecule has 0 rings (SSSR count). The molecule has 0 amide bonds. The van der Waals surface area contributed by atoms with E-state index in [0.717, 1.165) is 6.42 Å². The zero-order valence-electron chi connectivity index (χ0n) is 5.00. The third-order valence-corrected chi connectivity index (χ3v) is 1.08. The summed E-state index contributed by atoms with van der Waals surface area (Å²) < 4.78 is 0. The largest absolute Gasteiger partial charge is 0.396 e. The third kappa shape index (κ3) is 2.69. The summed E-state index contributed by atoms with van der Waals surface area (Å²) in [6, 6.07) is -0.181. The Kier molecular flexibility index (Phi) is 4.45. The quantitative estimate of drug-likeness (QED) is 0.556. The number of hydrogen-bond acceptors (Lipinski definition) is 3. The van der Waals surface area contributed by atoms with Crippen molar-refractivity contribution in [1.29, 1.82) is 0 Å². The van der Waals surface area contributed by atoms with E-state index >= 15 is 0 Å². The average Bonchev–Trinajstić information content (AvgIpc) is 1.83. The van der Waals surface area contributed by atoms with Gasteiger partial charge in [0.15, 0.2) is 0 Å². The normalized spacial score (nSPS) is 13.2. The van der Waals surface area contributed by atoms with Crippen molar-refractivity contribution in [3.05, 3.63) is 4.91 Å². The molecule has 0 heterocycles. The van der Waals surface area contributed by atoms with E-state index < -0.39 is 0 Å². The van der Waals surface area contributed by atoms with Crippen molar-refractivity contribution < 1.29 is 5.11 Å². The Morgan fingerprint density at radius 3 is 2.50 bits per heavy atom. The van der Waals surface area contributed by atoms with E-state index in [0.29, 0.717) is 6.42 Å². The molecule has 3 nitrogen and oxygen atoms in total. The summed E-state index contributed by atoms with van der Waals surface area (Å²) in [5.41, 5.74) is 0. The maximum atomic E-state index is 9.76. The fraction of sp³-hybridized carbons (Fsp3) is 1.00. The van der Waals surface area contributed by atoms with Crippen LogP contribution in [-0.4, -0.2) is 17.8 Å². The minimum absolute atomic E-state index is 0.0598. The number of nitroso groups, excluding NO2 is 1. The predicted octanol–water partition coefficient (Wildman–Crippen LogP) is 0.914. The highest BCUT2D eigenvalue weighted by Crippen LogP contribution is 1.99. The monoisotopic (exact) mass is 117 g/mol. The first-order valence-electron chi connectivity index (χ1n) is 2.78. The lowest BCUT2D eigenvalue weighted by Crippen LogP contribution is -2.03. The van der Waals surface area contributed by atoms with Gasteiger partial charge in [0.25, 0.3) is 0 Å². The van der Waals surface area contributed by atoms with Crippen LogP contribution in [0.25, 0.3) is 0 Å². The van der Waals surface area contributed by atoms with Gasteiger partial charge in [-0.3, -0.25) is 0 Å². The molecule has 1 N–H and O–H groups in total. The van der Waals surface area contributed by atoms with Gasteiger partial charge in [0, 0.05) is 6.61 Å². The Bertz CT molecular complexity index is 65.4. The molecule has 3 heteroatoms. The van der Waals surface area contributed by atoms with Crippen molar-refractivity contribution in [1.82, 2.24) is 0 Å². The molecule has 8 heavy (non-hydrogen) atoms. The van der Waals surface area contributed by atoms with Crippen LogP contribution in [0.4, 0.5) is 0 Å². The highest BCUT2D eigenvalue weighted by molar-refractivity contribution is 4.60. The van der Waals surface area contributed by atoms with Crippen molar-refractivity contribution in [2.75, 3.05) is 6.61 Å². The van der Waals surface area contributed by atoms with E-state index in [1.54, 1.807) is 0 Å². The molecule has 0 aromatic heterocycles. The fourth-order valence-electron chi connectivity index (χ4n) is 0.480. The van der Waals surface area contributed by atoms with Crippen molar-refractivity contribution in [3.8, 4) is 0 Å². The summed E-state index contributed by atoms with van der Waals surface area (Å²) in [5, 5.41) is 11.1. The summed E-state index contributed by atoms with van der Waals surface area (Å²) in [6.45, 7) is 1.94. The molecule has 0 spiro atoms. The van der Waals surface area contributed by atoms with Gasteiger partial charge in [-0.15, -0.1) is 0 Å². The zero-order chi connectivity index (χ0) is 6.41. The SMILES string of the molecule is CCC(CCO)N=O. The van der Waals surface area contributed by atoms with Crippen LogP contribution in [-0.2, 0) is 0 Å². The molecule has 0 aliphatic rings. The molecule has 0 saturated carbocycles. The van der Waals surface area contributed by atoms with Gasteiger partial charge in [0.2, 0.25) is 0 Å². The third-order valence-electron chi connectivity index (χ3n) is 1.08. The molecule has 1 unspecified atom stereocenters. The van der Waals surface area contributed by atoms with Crippen LogP contribution >= 0.6 is 0 Å². The van der Waals surface area contributed by atoms with Crippen molar-refractivity contribution in [2.45, 2.75) is 25.8 Å². The molecule has 0 saturated heterocycles. The minimum Gasteiger partial charge on any atom is -0.396 e. The molecular weight excluding hydrogens is 106 g/mol. The van der Waals surface area contributed by atoms with Gasteiger partial charge in [-0.25, -0.2) is 0 Å². The first-order valence-corrected chi connectivity index (χ1v) is 2.78. The van der Waals surface area contributed by atoms with Crippen molar-refractivity contribution >= 4 is 0 Å². The second kappa shape index (κ2) is 4.71. The number of rotatable bonds is 4. The molecule has 0 bridgehead atoms. The molecule has 0 aromatic rings. The maximum Gasteiger partial charge on any atom is 0.0938 e. The van der Waals surface area contributed by atoms with Gasteiger partial charge in [-0.1, -0.05) is 12.1 Å². The molecule has 0 aliphatic heterocycles. The zero-order valence-corrected chi connectivity index (χ0v) is 5.00. The van der Waals surface area contributed by atoms with Crippen LogP contribution in [0.15, 0.2) is 5.18 Å². The van der Waals surface area contributed by atoms with Crippen molar-refractivity contribution in [3.63, 3.8) is 0 Å². The van der Waals surface area contributed by atoms with E-state index in [9.17, 15) is 4.91 Å². The molecule has 0 aliphatic carbocycles. The topological polar surface area (TPSA) is 49.7 Å². The summed E-state index contributed by atoms with van der Waals surface area (Å²) in [4.78, 5) is 9.76. The van der Waals surface area contributed by atoms with Gasteiger partial charge >= 0.3 is 0 Å². The van der Waals surface area contributed by atoms with E-state index in [1.807, 2.05) is 6.92 Å². The minimum atomic E-state index is -0.181. The Labute approximate surface area is 48.7 Å². The van der Waals surface area contributed by atoms with Gasteiger partial charge in [-0.2, -0.15) is 4.91 Å². The molecular formula is C5H11NO2. The Hall–Kier alpha value is -0.440. The molecule has 1 atom stereocenters. The Balaban J connectivity index is 3.21. The number of nitrogens with zero attached hydrogens (tertiary/aromatic N) is 1. The lowest BCUT2D eigenvalue weighted by molar-refractivity contribution is 0.274. The van der Waals surface area contributed by atoms with E-state index in [2.05, 4.69) is 5.18 Å². The summed E-state index contributed by atoms with van der Waals surface area (Å²) >= 11 is 0. The highest BCUT2D eigenvalue weighted by atomic mass is 16.3. The van der Waals surface area contributed by atoms with Crippen LogP contribution in [0.2, 0.25) is 0 Å². The van der Waals surface area contributed by atoms with E-state index in [4.69, 9.17) is 5.11 Å². The van der Waals surface area contributed by atoms with Crippen LogP contribution in [0, 0.1) is 4.91 Å². The second-order valence-corrected chi connectivity index (χ2v) is 1.68. The van der Waals surface area contributed by atoms with Crippen LogP contribution in [0.3, 0.4) is 0 Å².